The van der Waals surface area contributed by atoms with Crippen LogP contribution >= 0.6 is 28.1 Å². The first-order valence-electron chi connectivity index (χ1n) is 5.30. The van der Waals surface area contributed by atoms with Gasteiger partial charge in [-0.3, -0.25) is 0 Å². The van der Waals surface area contributed by atoms with E-state index in [0.29, 0.717) is 11.0 Å². The first kappa shape index (κ1) is 13.5. The molecule has 16 heavy (non-hydrogen) atoms. The molecule has 0 bridgehead atoms. The predicted molar refractivity (Wildman–Crippen MR) is 77.9 cm³/mol. The van der Waals surface area contributed by atoms with Crippen LogP contribution in [-0.2, 0) is 0 Å². The van der Waals surface area contributed by atoms with Crippen molar-refractivity contribution in [2.45, 2.75) is 20.8 Å². The van der Waals surface area contributed by atoms with Gasteiger partial charge in [-0.15, -0.1) is 0 Å². The van der Waals surface area contributed by atoms with E-state index >= 15 is 0 Å². The first-order chi connectivity index (χ1) is 7.50. The van der Waals surface area contributed by atoms with Crippen molar-refractivity contribution < 1.29 is 0 Å². The number of aryl methyl sites for hydroxylation is 1. The smallest absolute Gasteiger partial charge is 0.170 e. The van der Waals surface area contributed by atoms with Crippen LogP contribution in [-0.4, -0.2) is 11.7 Å². The molecule has 0 spiro atoms. The van der Waals surface area contributed by atoms with Crippen molar-refractivity contribution in [1.29, 1.82) is 0 Å². The summed E-state index contributed by atoms with van der Waals surface area (Å²) >= 11 is 8.75. The zero-order valence-corrected chi connectivity index (χ0v) is 12.2. The second-order valence-electron chi connectivity index (χ2n) is 4.17. The summed E-state index contributed by atoms with van der Waals surface area (Å²) in [5.74, 6) is 0.584. The standard InChI is InChI=1S/C12H17BrN2S/c1-8(2)7-14-12(16)15-10-6-4-5-9(3)11(10)13/h4-6,8H,7H2,1-3H3,(H2,14,15,16). The van der Waals surface area contributed by atoms with Crippen LogP contribution in [0.3, 0.4) is 0 Å². The molecule has 0 aliphatic carbocycles. The lowest BCUT2D eigenvalue weighted by atomic mass is 10.2. The van der Waals surface area contributed by atoms with Crippen LogP contribution in [0, 0.1) is 12.8 Å². The number of hydrogen-bond acceptors (Lipinski definition) is 1. The van der Waals surface area contributed by atoms with Gasteiger partial charge in [-0.2, -0.15) is 0 Å². The van der Waals surface area contributed by atoms with Crippen LogP contribution < -0.4 is 10.6 Å². The highest BCUT2D eigenvalue weighted by Crippen LogP contribution is 2.25. The van der Waals surface area contributed by atoms with E-state index in [9.17, 15) is 0 Å². The van der Waals surface area contributed by atoms with Gasteiger partial charge in [0, 0.05) is 11.0 Å². The molecule has 1 aromatic carbocycles. The van der Waals surface area contributed by atoms with Gasteiger partial charge in [0.15, 0.2) is 5.11 Å². The number of benzene rings is 1. The highest BCUT2D eigenvalue weighted by Gasteiger charge is 2.04. The number of halogens is 1. The Bertz CT molecular complexity index is 377. The van der Waals surface area contributed by atoms with Crippen LogP contribution in [0.15, 0.2) is 22.7 Å². The van der Waals surface area contributed by atoms with E-state index < -0.39 is 0 Å². The maximum atomic E-state index is 5.21. The molecule has 4 heteroatoms. The van der Waals surface area contributed by atoms with Crippen LogP contribution in [0.1, 0.15) is 19.4 Å². The predicted octanol–water partition coefficient (Wildman–Crippen LogP) is 3.70. The van der Waals surface area contributed by atoms with E-state index in [0.717, 1.165) is 16.7 Å². The lowest BCUT2D eigenvalue weighted by Crippen LogP contribution is -2.31. The Kier molecular flexibility index (Phi) is 5.22. The van der Waals surface area contributed by atoms with Gasteiger partial charge in [0.25, 0.3) is 0 Å². The number of hydrogen-bond donors (Lipinski definition) is 2. The Morgan fingerprint density at radius 3 is 2.75 bits per heavy atom. The van der Waals surface area contributed by atoms with Crippen LogP contribution in [0.2, 0.25) is 0 Å². The van der Waals surface area contributed by atoms with Gasteiger partial charge in [0.05, 0.1) is 5.69 Å². The van der Waals surface area contributed by atoms with Gasteiger partial charge >= 0.3 is 0 Å². The largest absolute Gasteiger partial charge is 0.362 e. The minimum atomic E-state index is 0.584. The maximum Gasteiger partial charge on any atom is 0.170 e. The molecule has 0 aromatic heterocycles. The van der Waals surface area contributed by atoms with E-state index in [2.05, 4.69) is 53.4 Å². The molecule has 0 heterocycles. The fourth-order valence-corrected chi connectivity index (χ4v) is 1.76. The number of thiocarbonyl (C=S) groups is 1. The summed E-state index contributed by atoms with van der Waals surface area (Å²) in [6, 6.07) is 6.06. The second-order valence-corrected chi connectivity index (χ2v) is 5.37. The van der Waals surface area contributed by atoms with Gasteiger partial charge in [0.1, 0.15) is 0 Å². The maximum absolute atomic E-state index is 5.21. The fourth-order valence-electron chi connectivity index (χ4n) is 1.21. The monoisotopic (exact) mass is 300 g/mol. The quantitative estimate of drug-likeness (QED) is 0.833. The summed E-state index contributed by atoms with van der Waals surface area (Å²) in [5.41, 5.74) is 2.19. The molecule has 88 valence electrons. The van der Waals surface area contributed by atoms with Crippen LogP contribution in [0.5, 0.6) is 0 Å². The molecule has 0 unspecified atom stereocenters. The molecule has 0 saturated carbocycles. The molecule has 0 atom stereocenters. The van der Waals surface area contributed by atoms with Crippen molar-refractivity contribution in [2.24, 2.45) is 5.92 Å². The average molecular weight is 301 g/mol. The molecule has 0 saturated heterocycles. The van der Waals surface area contributed by atoms with Crippen molar-refractivity contribution in [3.05, 3.63) is 28.2 Å². The van der Waals surface area contributed by atoms with Gasteiger partial charge in [-0.05, 0) is 52.6 Å². The normalized spacial score (nSPS) is 10.3. The summed E-state index contributed by atoms with van der Waals surface area (Å²) in [7, 11) is 0. The topological polar surface area (TPSA) is 24.1 Å². The zero-order valence-electron chi connectivity index (χ0n) is 9.80. The Hall–Kier alpha value is -0.610. The van der Waals surface area contributed by atoms with Crippen molar-refractivity contribution in [3.63, 3.8) is 0 Å². The SMILES string of the molecule is Cc1cccc(NC(=S)NCC(C)C)c1Br. The molecule has 0 radical (unpaired) electrons. The average Bonchev–Trinajstić information content (AvgIpc) is 2.22. The third kappa shape index (κ3) is 4.10. The Morgan fingerprint density at radius 1 is 1.44 bits per heavy atom. The number of anilines is 1. The first-order valence-corrected chi connectivity index (χ1v) is 6.50. The lowest BCUT2D eigenvalue weighted by molar-refractivity contribution is 0.627. The Balaban J connectivity index is 2.59. The molecule has 1 aromatic rings. The fraction of sp³-hybridized carbons (Fsp3) is 0.417. The molecule has 0 aliphatic rings. The van der Waals surface area contributed by atoms with Gasteiger partial charge in [-0.25, -0.2) is 0 Å². The summed E-state index contributed by atoms with van der Waals surface area (Å²) in [5, 5.41) is 7.02. The van der Waals surface area contributed by atoms with Crippen molar-refractivity contribution in [2.75, 3.05) is 11.9 Å². The molecule has 2 nitrogen and oxygen atoms in total. The Morgan fingerprint density at radius 2 is 2.12 bits per heavy atom. The van der Waals surface area contributed by atoms with E-state index in [1.165, 1.54) is 5.56 Å². The van der Waals surface area contributed by atoms with Crippen molar-refractivity contribution in [1.82, 2.24) is 5.32 Å². The molecule has 1 rings (SSSR count). The number of rotatable bonds is 3. The summed E-state index contributed by atoms with van der Waals surface area (Å²) < 4.78 is 1.06. The van der Waals surface area contributed by atoms with Gasteiger partial charge < -0.3 is 10.6 Å². The second kappa shape index (κ2) is 6.21. The van der Waals surface area contributed by atoms with Crippen LogP contribution in [0.25, 0.3) is 0 Å². The third-order valence-corrected chi connectivity index (χ3v) is 3.41. The van der Waals surface area contributed by atoms with E-state index in [1.807, 2.05) is 12.1 Å². The molecule has 2 N–H and O–H groups in total. The van der Waals surface area contributed by atoms with E-state index in [1.54, 1.807) is 0 Å². The Labute approximate surface area is 111 Å². The summed E-state index contributed by atoms with van der Waals surface area (Å²) in [6.45, 7) is 7.24. The molecular formula is C12H17BrN2S. The molecular weight excluding hydrogens is 284 g/mol. The summed E-state index contributed by atoms with van der Waals surface area (Å²) in [6.07, 6.45) is 0. The third-order valence-electron chi connectivity index (χ3n) is 2.11. The highest BCUT2D eigenvalue weighted by molar-refractivity contribution is 9.10. The lowest BCUT2D eigenvalue weighted by Gasteiger charge is -2.14. The van der Waals surface area contributed by atoms with Crippen LogP contribution in [0.4, 0.5) is 5.69 Å². The molecule has 0 aliphatic heterocycles. The van der Waals surface area contributed by atoms with E-state index in [-0.39, 0.29) is 0 Å². The van der Waals surface area contributed by atoms with Gasteiger partial charge in [0.2, 0.25) is 0 Å². The minimum Gasteiger partial charge on any atom is -0.362 e. The number of nitrogens with one attached hydrogen (secondary N) is 2. The molecule has 0 fully saturated rings. The van der Waals surface area contributed by atoms with Crippen molar-refractivity contribution >= 4 is 38.9 Å². The highest BCUT2D eigenvalue weighted by atomic mass is 79.9. The molecule has 0 amide bonds. The zero-order chi connectivity index (χ0) is 12.1. The minimum absolute atomic E-state index is 0.584. The van der Waals surface area contributed by atoms with E-state index in [4.69, 9.17) is 12.2 Å². The van der Waals surface area contributed by atoms with Crippen molar-refractivity contribution in [3.8, 4) is 0 Å². The van der Waals surface area contributed by atoms with Gasteiger partial charge in [-0.1, -0.05) is 26.0 Å². The summed E-state index contributed by atoms with van der Waals surface area (Å²) in [4.78, 5) is 0.